The molecule has 2 aromatic rings. The van der Waals surface area contributed by atoms with Gasteiger partial charge in [-0.15, -0.1) is 0 Å². The zero-order valence-electron chi connectivity index (χ0n) is 17.8. The summed E-state index contributed by atoms with van der Waals surface area (Å²) in [6.07, 6.45) is 0.816. The molecule has 2 amide bonds. The second-order valence-corrected chi connectivity index (χ2v) is 9.05. The first kappa shape index (κ1) is 21.1. The Labute approximate surface area is 170 Å². The third kappa shape index (κ3) is 4.89. The van der Waals surface area contributed by atoms with Gasteiger partial charge in [-0.2, -0.15) is 0 Å². The second-order valence-electron chi connectivity index (χ2n) is 9.05. The number of amides is 2. The molecule has 7 heteroatoms. The van der Waals surface area contributed by atoms with E-state index in [4.69, 9.17) is 4.74 Å². The molecule has 3 rings (SSSR count). The number of carbonyl (C=O) groups is 2. The van der Waals surface area contributed by atoms with Crippen molar-refractivity contribution in [2.45, 2.75) is 59.1 Å². The van der Waals surface area contributed by atoms with Gasteiger partial charge < -0.3 is 19.9 Å². The monoisotopic (exact) mass is 403 g/mol. The van der Waals surface area contributed by atoms with E-state index in [1.807, 2.05) is 4.90 Å². The number of rotatable bonds is 4. The molecule has 0 saturated heterocycles. The fourth-order valence-corrected chi connectivity index (χ4v) is 3.89. The van der Waals surface area contributed by atoms with Crippen LogP contribution in [-0.2, 0) is 16.0 Å². The second kappa shape index (κ2) is 8.05. The fourth-order valence-electron chi connectivity index (χ4n) is 3.89. The lowest BCUT2D eigenvalue weighted by molar-refractivity contribution is -0.133. The number of ether oxygens (including phenoxy) is 1. The Morgan fingerprint density at radius 2 is 2.07 bits per heavy atom. The highest BCUT2D eigenvalue weighted by Crippen LogP contribution is 2.38. The van der Waals surface area contributed by atoms with E-state index in [0.717, 1.165) is 28.6 Å². The fraction of sp³-hybridized carbons (Fsp3) is 0.545. The average molecular weight is 403 g/mol. The highest BCUT2D eigenvalue weighted by molar-refractivity contribution is 5.87. The highest BCUT2D eigenvalue weighted by Gasteiger charge is 2.34. The largest absolute Gasteiger partial charge is 0.444 e. The molecule has 1 atom stereocenters. The first-order chi connectivity index (χ1) is 13.5. The molecular weight excluding hydrogens is 373 g/mol. The maximum atomic E-state index is 13.8. The molecule has 0 saturated carbocycles. The summed E-state index contributed by atoms with van der Waals surface area (Å²) < 4.78 is 19.0. The number of aromatic amines is 1. The number of H-pyrrole nitrogens is 1. The molecule has 158 valence electrons. The van der Waals surface area contributed by atoms with Crippen molar-refractivity contribution in [3.63, 3.8) is 0 Å². The third-order valence-corrected chi connectivity index (χ3v) is 5.01. The van der Waals surface area contributed by atoms with E-state index >= 15 is 0 Å². The smallest absolute Gasteiger partial charge is 0.408 e. The number of halogens is 1. The molecule has 2 heterocycles. The van der Waals surface area contributed by atoms with E-state index in [2.05, 4.69) is 24.1 Å². The van der Waals surface area contributed by atoms with Gasteiger partial charge in [0, 0.05) is 23.1 Å². The predicted octanol–water partition coefficient (Wildman–Crippen LogP) is 4.30. The van der Waals surface area contributed by atoms with E-state index in [-0.39, 0.29) is 24.3 Å². The normalized spacial score (nSPS) is 16.8. The molecule has 1 aliphatic rings. The molecule has 2 N–H and O–H groups in total. The summed E-state index contributed by atoms with van der Waals surface area (Å²) in [5, 5.41) is 3.44. The molecule has 1 aliphatic heterocycles. The average Bonchev–Trinajstić information content (AvgIpc) is 2.96. The number of carbonyl (C=O) groups excluding carboxylic acids is 2. The standard InChI is InChI=1S/C22H30FN3O3/c1-13(2)10-18-20-15(16-11-14(23)6-7-17(16)25-20)8-9-26(18)19(27)12-24-21(28)29-22(3,4)5/h6-7,11,13,18,25H,8-10,12H2,1-5H3,(H,24,28). The van der Waals surface area contributed by atoms with Crippen LogP contribution in [0.5, 0.6) is 0 Å². The zero-order valence-corrected chi connectivity index (χ0v) is 17.8. The summed E-state index contributed by atoms with van der Waals surface area (Å²) in [6.45, 7) is 9.96. The summed E-state index contributed by atoms with van der Waals surface area (Å²) in [5.41, 5.74) is 2.31. The maximum Gasteiger partial charge on any atom is 0.408 e. The summed E-state index contributed by atoms with van der Waals surface area (Å²) in [5.74, 6) is -0.0556. The summed E-state index contributed by atoms with van der Waals surface area (Å²) in [7, 11) is 0. The van der Waals surface area contributed by atoms with Gasteiger partial charge in [-0.25, -0.2) is 9.18 Å². The van der Waals surface area contributed by atoms with Crippen molar-refractivity contribution in [3.05, 3.63) is 35.3 Å². The van der Waals surface area contributed by atoms with Gasteiger partial charge in [0.15, 0.2) is 0 Å². The van der Waals surface area contributed by atoms with Crippen LogP contribution in [0.3, 0.4) is 0 Å². The molecule has 1 aromatic carbocycles. The Kier molecular flexibility index (Phi) is 5.87. The van der Waals surface area contributed by atoms with Crippen LogP contribution in [0, 0.1) is 11.7 Å². The number of benzene rings is 1. The van der Waals surface area contributed by atoms with E-state index in [1.54, 1.807) is 32.9 Å². The SMILES string of the molecule is CC(C)CC1c2[nH]c3ccc(F)cc3c2CCN1C(=O)CNC(=O)OC(C)(C)C. The Bertz CT molecular complexity index is 914. The van der Waals surface area contributed by atoms with Crippen LogP contribution in [0.15, 0.2) is 18.2 Å². The van der Waals surface area contributed by atoms with Crippen molar-refractivity contribution in [2.24, 2.45) is 5.92 Å². The molecule has 1 aromatic heterocycles. The van der Waals surface area contributed by atoms with E-state index in [9.17, 15) is 14.0 Å². The lowest BCUT2D eigenvalue weighted by Gasteiger charge is -2.37. The van der Waals surface area contributed by atoms with E-state index in [1.165, 1.54) is 6.07 Å². The maximum absolute atomic E-state index is 13.8. The lowest BCUT2D eigenvalue weighted by atomic mass is 9.91. The van der Waals surface area contributed by atoms with Gasteiger partial charge in [0.05, 0.1) is 6.04 Å². The van der Waals surface area contributed by atoms with Crippen LogP contribution in [-0.4, -0.2) is 40.6 Å². The van der Waals surface area contributed by atoms with Gasteiger partial charge >= 0.3 is 6.09 Å². The minimum absolute atomic E-state index is 0.117. The van der Waals surface area contributed by atoms with Crippen molar-refractivity contribution < 1.29 is 18.7 Å². The van der Waals surface area contributed by atoms with E-state index in [0.29, 0.717) is 18.9 Å². The number of fused-ring (bicyclic) bond motifs is 3. The third-order valence-electron chi connectivity index (χ3n) is 5.01. The number of hydrogen-bond acceptors (Lipinski definition) is 3. The molecule has 0 bridgehead atoms. The molecule has 0 radical (unpaired) electrons. The topological polar surface area (TPSA) is 74.4 Å². The van der Waals surface area contributed by atoms with Crippen LogP contribution in [0.25, 0.3) is 10.9 Å². The first-order valence-corrected chi connectivity index (χ1v) is 10.1. The molecule has 0 spiro atoms. The molecule has 6 nitrogen and oxygen atoms in total. The zero-order chi connectivity index (χ0) is 21.3. The molecule has 29 heavy (non-hydrogen) atoms. The number of alkyl carbamates (subject to hydrolysis) is 1. The first-order valence-electron chi connectivity index (χ1n) is 10.1. The van der Waals surface area contributed by atoms with Crippen molar-refractivity contribution in [1.29, 1.82) is 0 Å². The van der Waals surface area contributed by atoms with Crippen molar-refractivity contribution in [2.75, 3.05) is 13.1 Å². The van der Waals surface area contributed by atoms with Crippen molar-refractivity contribution in [1.82, 2.24) is 15.2 Å². The Morgan fingerprint density at radius 3 is 2.72 bits per heavy atom. The Balaban J connectivity index is 1.81. The minimum atomic E-state index is -0.618. The molecule has 1 unspecified atom stereocenters. The molecular formula is C22H30FN3O3. The van der Waals surface area contributed by atoms with Crippen LogP contribution in [0.2, 0.25) is 0 Å². The summed E-state index contributed by atoms with van der Waals surface area (Å²) in [6, 6.07) is 4.60. The van der Waals surface area contributed by atoms with Gasteiger partial charge in [0.1, 0.15) is 18.0 Å². The Hall–Kier alpha value is -2.57. The van der Waals surface area contributed by atoms with E-state index < -0.39 is 11.7 Å². The predicted molar refractivity (Wildman–Crippen MR) is 110 cm³/mol. The van der Waals surface area contributed by atoms with Gasteiger partial charge in [-0.05, 0) is 63.3 Å². The number of aromatic nitrogens is 1. The number of hydrogen-bond donors (Lipinski definition) is 2. The quantitative estimate of drug-likeness (QED) is 0.799. The van der Waals surface area contributed by atoms with Gasteiger partial charge in [-0.3, -0.25) is 4.79 Å². The van der Waals surface area contributed by atoms with Gasteiger partial charge in [0.25, 0.3) is 0 Å². The Morgan fingerprint density at radius 1 is 1.34 bits per heavy atom. The minimum Gasteiger partial charge on any atom is -0.444 e. The van der Waals surface area contributed by atoms with Crippen molar-refractivity contribution in [3.8, 4) is 0 Å². The van der Waals surface area contributed by atoms with Gasteiger partial charge in [-0.1, -0.05) is 13.8 Å². The number of nitrogens with zero attached hydrogens (tertiary/aromatic N) is 1. The van der Waals surface area contributed by atoms with Crippen LogP contribution >= 0.6 is 0 Å². The lowest BCUT2D eigenvalue weighted by Crippen LogP contribution is -2.46. The van der Waals surface area contributed by atoms with Gasteiger partial charge in [0.2, 0.25) is 5.91 Å². The van der Waals surface area contributed by atoms with Crippen LogP contribution < -0.4 is 5.32 Å². The summed E-state index contributed by atoms with van der Waals surface area (Å²) >= 11 is 0. The highest BCUT2D eigenvalue weighted by atomic mass is 19.1. The molecule has 0 fully saturated rings. The summed E-state index contributed by atoms with van der Waals surface area (Å²) in [4.78, 5) is 30.0. The molecule has 0 aliphatic carbocycles. The van der Waals surface area contributed by atoms with Crippen molar-refractivity contribution >= 4 is 22.9 Å². The van der Waals surface area contributed by atoms with Crippen LogP contribution in [0.1, 0.15) is 58.3 Å². The van der Waals surface area contributed by atoms with Crippen LogP contribution in [0.4, 0.5) is 9.18 Å². The number of nitrogens with one attached hydrogen (secondary N) is 2.